The quantitative estimate of drug-likeness (QED) is 0.805. The summed E-state index contributed by atoms with van der Waals surface area (Å²) in [5, 5.41) is 5.88. The van der Waals surface area contributed by atoms with Gasteiger partial charge in [-0.3, -0.25) is 10.9 Å². The van der Waals surface area contributed by atoms with Crippen molar-refractivity contribution in [2.75, 3.05) is 10.9 Å². The summed E-state index contributed by atoms with van der Waals surface area (Å²) in [5.41, 5.74) is 8.34. The molecule has 0 saturated carbocycles. The Morgan fingerprint density at radius 3 is 1.69 bits per heavy atom. The van der Waals surface area contributed by atoms with Gasteiger partial charge in [0.25, 0.3) is 0 Å². The highest BCUT2D eigenvalue weighted by molar-refractivity contribution is 7.14. The van der Waals surface area contributed by atoms with Gasteiger partial charge in [-0.2, -0.15) is 0 Å². The third-order valence-electron chi connectivity index (χ3n) is 2.10. The van der Waals surface area contributed by atoms with E-state index in [9.17, 15) is 0 Å². The van der Waals surface area contributed by atoms with Crippen LogP contribution >= 0.6 is 22.7 Å². The van der Waals surface area contributed by atoms with Crippen LogP contribution in [0.4, 0.5) is 10.3 Å². The molecule has 2 heterocycles. The van der Waals surface area contributed by atoms with Gasteiger partial charge in [-0.25, -0.2) is 9.97 Å². The number of rotatable bonds is 5. The van der Waals surface area contributed by atoms with Crippen LogP contribution in [0.15, 0.2) is 10.8 Å². The summed E-state index contributed by atoms with van der Waals surface area (Å²) in [6.45, 7) is 4.20. The van der Waals surface area contributed by atoms with Crippen LogP contribution in [-0.2, 0) is 12.8 Å². The molecular weight excluding hydrogens is 240 g/mol. The van der Waals surface area contributed by atoms with E-state index < -0.39 is 0 Å². The number of nitrogens with zero attached hydrogens (tertiary/aromatic N) is 2. The van der Waals surface area contributed by atoms with Crippen LogP contribution in [-0.4, -0.2) is 9.97 Å². The lowest BCUT2D eigenvalue weighted by Gasteiger charge is -2.01. The number of aromatic nitrogens is 2. The van der Waals surface area contributed by atoms with E-state index in [0.29, 0.717) is 0 Å². The van der Waals surface area contributed by atoms with Crippen molar-refractivity contribution >= 4 is 32.9 Å². The van der Waals surface area contributed by atoms with E-state index in [1.54, 1.807) is 22.7 Å². The summed E-state index contributed by atoms with van der Waals surface area (Å²) in [6, 6.07) is 0. The van der Waals surface area contributed by atoms with E-state index in [4.69, 9.17) is 0 Å². The molecule has 0 aromatic carbocycles. The molecule has 0 saturated heterocycles. The molecule has 4 nitrogen and oxygen atoms in total. The zero-order chi connectivity index (χ0) is 11.4. The van der Waals surface area contributed by atoms with Crippen molar-refractivity contribution in [3.05, 3.63) is 22.1 Å². The molecule has 16 heavy (non-hydrogen) atoms. The van der Waals surface area contributed by atoms with Crippen molar-refractivity contribution in [3.8, 4) is 0 Å². The predicted molar refractivity (Wildman–Crippen MR) is 70.2 cm³/mol. The lowest BCUT2D eigenvalue weighted by Crippen LogP contribution is -2.08. The molecule has 0 aliphatic rings. The summed E-state index contributed by atoms with van der Waals surface area (Å²) < 4.78 is 0. The summed E-state index contributed by atoms with van der Waals surface area (Å²) in [5.74, 6) is 0. The average molecular weight is 254 g/mol. The highest BCUT2D eigenvalue weighted by Crippen LogP contribution is 2.18. The largest absolute Gasteiger partial charge is 0.274 e. The molecule has 0 fully saturated rings. The molecule has 2 rings (SSSR count). The summed E-state index contributed by atoms with van der Waals surface area (Å²) in [4.78, 5) is 8.79. The predicted octanol–water partition coefficient (Wildman–Crippen LogP) is 3.16. The number of thiazole rings is 2. The van der Waals surface area contributed by atoms with Crippen molar-refractivity contribution < 1.29 is 0 Å². The Kier molecular flexibility index (Phi) is 3.74. The van der Waals surface area contributed by atoms with Gasteiger partial charge in [0.2, 0.25) is 10.3 Å². The van der Waals surface area contributed by atoms with Crippen molar-refractivity contribution in [2.45, 2.75) is 26.7 Å². The second-order valence-corrected chi connectivity index (χ2v) is 4.96. The minimum Gasteiger partial charge on any atom is -0.274 e. The van der Waals surface area contributed by atoms with Crippen LogP contribution in [0, 0.1) is 0 Å². The van der Waals surface area contributed by atoms with Crippen LogP contribution in [0.3, 0.4) is 0 Å². The van der Waals surface area contributed by atoms with Gasteiger partial charge in [0.15, 0.2) is 0 Å². The first-order valence-corrected chi connectivity index (χ1v) is 6.98. The van der Waals surface area contributed by atoms with E-state index in [-0.39, 0.29) is 0 Å². The maximum absolute atomic E-state index is 4.39. The molecule has 0 aliphatic heterocycles. The fraction of sp³-hybridized carbons (Fsp3) is 0.400. The first-order chi connectivity index (χ1) is 7.81. The van der Waals surface area contributed by atoms with Crippen molar-refractivity contribution in [2.24, 2.45) is 0 Å². The molecule has 2 N–H and O–H groups in total. The van der Waals surface area contributed by atoms with Gasteiger partial charge in [-0.1, -0.05) is 13.8 Å². The van der Waals surface area contributed by atoms with Crippen LogP contribution in [0.2, 0.25) is 0 Å². The van der Waals surface area contributed by atoms with Gasteiger partial charge in [0.1, 0.15) is 0 Å². The SMILES string of the molecule is CCc1csc(NNc2nc(CC)cs2)n1. The lowest BCUT2D eigenvalue weighted by atomic mass is 10.4. The zero-order valence-electron chi connectivity index (χ0n) is 9.28. The summed E-state index contributed by atoms with van der Waals surface area (Å²) in [7, 11) is 0. The molecule has 2 aromatic rings. The normalized spacial score (nSPS) is 10.4. The molecule has 6 heteroatoms. The summed E-state index contributed by atoms with van der Waals surface area (Å²) >= 11 is 3.20. The number of nitrogens with one attached hydrogen (secondary N) is 2. The Balaban J connectivity index is 1.91. The monoisotopic (exact) mass is 254 g/mol. The molecule has 0 aliphatic carbocycles. The van der Waals surface area contributed by atoms with Crippen molar-refractivity contribution in [1.82, 2.24) is 9.97 Å². The average Bonchev–Trinajstić information content (AvgIpc) is 2.95. The smallest absolute Gasteiger partial charge is 0.201 e. The number of hydrogen-bond donors (Lipinski definition) is 2. The number of hydrazine groups is 1. The van der Waals surface area contributed by atoms with Crippen LogP contribution in [0.1, 0.15) is 25.2 Å². The third kappa shape index (κ3) is 2.70. The molecular formula is C10H14N4S2. The highest BCUT2D eigenvalue weighted by atomic mass is 32.1. The Hall–Kier alpha value is -1.14. The Morgan fingerprint density at radius 2 is 1.38 bits per heavy atom. The highest BCUT2D eigenvalue weighted by Gasteiger charge is 2.01. The fourth-order valence-electron chi connectivity index (χ4n) is 1.16. The van der Waals surface area contributed by atoms with E-state index >= 15 is 0 Å². The molecule has 0 amide bonds. The molecule has 0 unspecified atom stereocenters. The van der Waals surface area contributed by atoms with Gasteiger partial charge in [0.05, 0.1) is 11.4 Å². The van der Waals surface area contributed by atoms with Gasteiger partial charge in [-0.15, -0.1) is 22.7 Å². The second kappa shape index (κ2) is 5.27. The van der Waals surface area contributed by atoms with Gasteiger partial charge in [-0.05, 0) is 12.8 Å². The van der Waals surface area contributed by atoms with Gasteiger partial charge < -0.3 is 0 Å². The topological polar surface area (TPSA) is 49.8 Å². The fourth-order valence-corrected chi connectivity index (χ4v) is 2.65. The first-order valence-electron chi connectivity index (χ1n) is 5.22. The second-order valence-electron chi connectivity index (χ2n) is 3.25. The molecule has 86 valence electrons. The standard InChI is InChI=1S/C10H14N4S2/c1-3-7-5-15-9(11-7)13-14-10-12-8(4-2)6-16-10/h5-6H,3-4H2,1-2H3,(H,11,13)(H,12,14). The molecule has 2 aromatic heterocycles. The third-order valence-corrected chi connectivity index (χ3v) is 3.72. The van der Waals surface area contributed by atoms with Crippen LogP contribution in [0.25, 0.3) is 0 Å². The Labute approximate surface area is 103 Å². The van der Waals surface area contributed by atoms with E-state index in [1.807, 2.05) is 0 Å². The van der Waals surface area contributed by atoms with Crippen molar-refractivity contribution in [3.63, 3.8) is 0 Å². The minimum atomic E-state index is 0.880. The number of anilines is 2. The molecule has 0 atom stereocenters. The van der Waals surface area contributed by atoms with E-state index in [1.165, 1.54) is 0 Å². The van der Waals surface area contributed by atoms with Crippen molar-refractivity contribution in [1.29, 1.82) is 0 Å². The zero-order valence-corrected chi connectivity index (χ0v) is 10.9. The maximum atomic E-state index is 4.39. The molecule has 0 radical (unpaired) electrons. The number of aryl methyl sites for hydroxylation is 2. The Bertz CT molecular complexity index is 407. The maximum Gasteiger partial charge on any atom is 0.201 e. The lowest BCUT2D eigenvalue weighted by molar-refractivity contribution is 1.05. The van der Waals surface area contributed by atoms with Crippen LogP contribution < -0.4 is 10.9 Å². The first kappa shape index (κ1) is 11.3. The molecule has 0 spiro atoms. The minimum absolute atomic E-state index is 0.880. The summed E-state index contributed by atoms with van der Waals surface area (Å²) in [6.07, 6.45) is 1.94. The van der Waals surface area contributed by atoms with E-state index in [0.717, 1.165) is 34.5 Å². The number of hydrogen-bond acceptors (Lipinski definition) is 6. The van der Waals surface area contributed by atoms with Gasteiger partial charge in [0, 0.05) is 10.8 Å². The molecule has 0 bridgehead atoms. The van der Waals surface area contributed by atoms with Crippen LogP contribution in [0.5, 0.6) is 0 Å². The van der Waals surface area contributed by atoms with E-state index in [2.05, 4.69) is 45.4 Å². The Morgan fingerprint density at radius 1 is 0.938 bits per heavy atom. The van der Waals surface area contributed by atoms with Gasteiger partial charge >= 0.3 is 0 Å².